The standard InChI is InChI=1S/C14H17N3/c1-9-5-10(2)11-3-4-17-13(12(11)6-9)8-16-14(17)7-15/h5-6,8H,3-4,7,15H2,1-2H3. The summed E-state index contributed by atoms with van der Waals surface area (Å²) < 4.78 is 2.25. The predicted molar refractivity (Wildman–Crippen MR) is 68.7 cm³/mol. The molecule has 2 N–H and O–H groups in total. The molecular formula is C14H17N3. The lowest BCUT2D eigenvalue weighted by molar-refractivity contribution is 0.641. The number of nitrogens with zero attached hydrogens (tertiary/aromatic N) is 2. The van der Waals surface area contributed by atoms with Gasteiger partial charge in [-0.3, -0.25) is 0 Å². The van der Waals surface area contributed by atoms with Crippen LogP contribution in [0.2, 0.25) is 0 Å². The summed E-state index contributed by atoms with van der Waals surface area (Å²) in [6.07, 6.45) is 3.04. The lowest BCUT2D eigenvalue weighted by Gasteiger charge is -2.22. The van der Waals surface area contributed by atoms with Crippen LogP contribution in [-0.2, 0) is 19.5 Å². The van der Waals surface area contributed by atoms with Crippen LogP contribution >= 0.6 is 0 Å². The summed E-state index contributed by atoms with van der Waals surface area (Å²) in [5, 5.41) is 0. The number of imidazole rings is 1. The van der Waals surface area contributed by atoms with Gasteiger partial charge in [-0.2, -0.15) is 0 Å². The Bertz CT molecular complexity index is 581. The summed E-state index contributed by atoms with van der Waals surface area (Å²) in [7, 11) is 0. The largest absolute Gasteiger partial charge is 0.327 e. The fourth-order valence-electron chi connectivity index (χ4n) is 2.82. The van der Waals surface area contributed by atoms with Crippen LogP contribution in [0.3, 0.4) is 0 Å². The average molecular weight is 227 g/mol. The number of hydrogen-bond acceptors (Lipinski definition) is 2. The Labute approximate surface area is 101 Å². The van der Waals surface area contributed by atoms with Crippen LogP contribution in [0, 0.1) is 13.8 Å². The third kappa shape index (κ3) is 1.50. The summed E-state index contributed by atoms with van der Waals surface area (Å²) in [4.78, 5) is 4.41. The number of rotatable bonds is 1. The molecule has 0 bridgehead atoms. The van der Waals surface area contributed by atoms with Gasteiger partial charge >= 0.3 is 0 Å². The number of hydrogen-bond donors (Lipinski definition) is 1. The molecule has 1 aliphatic heterocycles. The van der Waals surface area contributed by atoms with Crippen molar-refractivity contribution in [2.75, 3.05) is 0 Å². The van der Waals surface area contributed by atoms with Crippen molar-refractivity contribution >= 4 is 0 Å². The molecule has 0 atom stereocenters. The van der Waals surface area contributed by atoms with Gasteiger partial charge in [-0.05, 0) is 37.5 Å². The van der Waals surface area contributed by atoms with Crippen molar-refractivity contribution < 1.29 is 0 Å². The molecule has 17 heavy (non-hydrogen) atoms. The third-order valence-corrected chi connectivity index (χ3v) is 3.60. The molecule has 0 saturated heterocycles. The monoisotopic (exact) mass is 227 g/mol. The molecule has 0 unspecified atom stereocenters. The highest BCUT2D eigenvalue weighted by Crippen LogP contribution is 2.33. The number of nitrogens with two attached hydrogens (primary N) is 1. The van der Waals surface area contributed by atoms with Crippen molar-refractivity contribution in [2.45, 2.75) is 33.4 Å². The molecule has 1 aromatic carbocycles. The second-order valence-electron chi connectivity index (χ2n) is 4.77. The van der Waals surface area contributed by atoms with Crippen LogP contribution in [0.1, 0.15) is 22.5 Å². The van der Waals surface area contributed by atoms with E-state index < -0.39 is 0 Å². The molecule has 2 heterocycles. The highest BCUT2D eigenvalue weighted by atomic mass is 15.1. The fraction of sp³-hybridized carbons (Fsp3) is 0.357. The van der Waals surface area contributed by atoms with Crippen molar-refractivity contribution in [2.24, 2.45) is 5.73 Å². The van der Waals surface area contributed by atoms with E-state index in [4.69, 9.17) is 5.73 Å². The van der Waals surface area contributed by atoms with Gasteiger partial charge in [0.25, 0.3) is 0 Å². The van der Waals surface area contributed by atoms with E-state index in [0.717, 1.165) is 18.8 Å². The Kier molecular flexibility index (Phi) is 2.30. The molecule has 0 fully saturated rings. The van der Waals surface area contributed by atoms with E-state index in [1.54, 1.807) is 0 Å². The van der Waals surface area contributed by atoms with E-state index in [0.29, 0.717) is 6.54 Å². The maximum atomic E-state index is 5.71. The fourth-order valence-corrected chi connectivity index (χ4v) is 2.82. The van der Waals surface area contributed by atoms with Gasteiger partial charge in [0, 0.05) is 12.1 Å². The zero-order valence-corrected chi connectivity index (χ0v) is 10.3. The zero-order valence-electron chi connectivity index (χ0n) is 10.3. The van der Waals surface area contributed by atoms with Gasteiger partial charge in [-0.25, -0.2) is 4.98 Å². The number of fused-ring (bicyclic) bond motifs is 3. The molecule has 3 nitrogen and oxygen atoms in total. The van der Waals surface area contributed by atoms with Gasteiger partial charge in [0.1, 0.15) is 5.82 Å². The van der Waals surface area contributed by atoms with E-state index in [9.17, 15) is 0 Å². The molecular weight excluding hydrogens is 210 g/mol. The first-order valence-corrected chi connectivity index (χ1v) is 6.05. The molecule has 0 saturated carbocycles. The number of aryl methyl sites for hydroxylation is 2. The predicted octanol–water partition coefficient (Wildman–Crippen LogP) is 2.18. The minimum absolute atomic E-state index is 0.514. The lowest BCUT2D eigenvalue weighted by atomic mass is 9.92. The van der Waals surface area contributed by atoms with Crippen molar-refractivity contribution in [3.05, 3.63) is 40.8 Å². The Morgan fingerprint density at radius 3 is 2.94 bits per heavy atom. The van der Waals surface area contributed by atoms with Crippen LogP contribution in [0.5, 0.6) is 0 Å². The molecule has 0 radical (unpaired) electrons. The van der Waals surface area contributed by atoms with E-state index >= 15 is 0 Å². The van der Waals surface area contributed by atoms with E-state index in [1.165, 1.54) is 27.9 Å². The molecule has 0 aliphatic carbocycles. The lowest BCUT2D eigenvalue weighted by Crippen LogP contribution is -2.16. The van der Waals surface area contributed by atoms with E-state index in [2.05, 4.69) is 35.5 Å². The molecule has 2 aromatic rings. The van der Waals surface area contributed by atoms with Gasteiger partial charge in [-0.15, -0.1) is 0 Å². The summed E-state index contributed by atoms with van der Waals surface area (Å²) in [6, 6.07) is 4.52. The van der Waals surface area contributed by atoms with Crippen LogP contribution < -0.4 is 5.73 Å². The molecule has 3 rings (SSSR count). The van der Waals surface area contributed by atoms with Crippen LogP contribution in [0.25, 0.3) is 11.3 Å². The SMILES string of the molecule is Cc1cc(C)c2c(c1)-c1cnc(CN)n1CC2. The van der Waals surface area contributed by atoms with Crippen molar-refractivity contribution in [1.29, 1.82) is 0 Å². The topological polar surface area (TPSA) is 43.8 Å². The molecule has 88 valence electrons. The number of aromatic nitrogens is 2. The Morgan fingerprint density at radius 2 is 2.18 bits per heavy atom. The van der Waals surface area contributed by atoms with Gasteiger partial charge < -0.3 is 10.3 Å². The van der Waals surface area contributed by atoms with E-state index in [-0.39, 0.29) is 0 Å². The first-order valence-electron chi connectivity index (χ1n) is 6.05. The van der Waals surface area contributed by atoms with Gasteiger partial charge in [0.2, 0.25) is 0 Å². The Hall–Kier alpha value is -1.61. The first-order chi connectivity index (χ1) is 8.20. The molecule has 1 aromatic heterocycles. The summed E-state index contributed by atoms with van der Waals surface area (Å²) >= 11 is 0. The molecule has 1 aliphatic rings. The molecule has 0 amide bonds. The average Bonchev–Trinajstić information content (AvgIpc) is 2.71. The highest BCUT2D eigenvalue weighted by Gasteiger charge is 2.20. The second-order valence-corrected chi connectivity index (χ2v) is 4.77. The van der Waals surface area contributed by atoms with Crippen LogP contribution in [0.15, 0.2) is 18.3 Å². The Morgan fingerprint density at radius 1 is 1.35 bits per heavy atom. The summed E-state index contributed by atoms with van der Waals surface area (Å²) in [5.74, 6) is 0.991. The zero-order chi connectivity index (χ0) is 12.0. The normalized spacial score (nSPS) is 13.4. The van der Waals surface area contributed by atoms with Gasteiger partial charge in [0.15, 0.2) is 0 Å². The first kappa shape index (κ1) is 10.5. The Balaban J connectivity index is 2.26. The second kappa shape index (κ2) is 3.70. The van der Waals surface area contributed by atoms with Crippen molar-refractivity contribution in [1.82, 2.24) is 9.55 Å². The summed E-state index contributed by atoms with van der Waals surface area (Å²) in [5.41, 5.74) is 12.4. The van der Waals surface area contributed by atoms with Crippen LogP contribution in [0.4, 0.5) is 0 Å². The van der Waals surface area contributed by atoms with Gasteiger partial charge in [-0.1, -0.05) is 11.6 Å². The number of benzene rings is 1. The maximum absolute atomic E-state index is 5.71. The molecule has 3 heteroatoms. The maximum Gasteiger partial charge on any atom is 0.122 e. The minimum Gasteiger partial charge on any atom is -0.327 e. The third-order valence-electron chi connectivity index (χ3n) is 3.60. The smallest absolute Gasteiger partial charge is 0.122 e. The van der Waals surface area contributed by atoms with Crippen molar-refractivity contribution in [3.63, 3.8) is 0 Å². The summed E-state index contributed by atoms with van der Waals surface area (Å²) in [6.45, 7) is 5.85. The van der Waals surface area contributed by atoms with Crippen molar-refractivity contribution in [3.8, 4) is 11.3 Å². The quantitative estimate of drug-likeness (QED) is 0.811. The minimum atomic E-state index is 0.514. The van der Waals surface area contributed by atoms with Crippen LogP contribution in [-0.4, -0.2) is 9.55 Å². The van der Waals surface area contributed by atoms with E-state index in [1.807, 2.05) is 6.20 Å². The molecule has 0 spiro atoms. The highest BCUT2D eigenvalue weighted by molar-refractivity contribution is 5.68. The van der Waals surface area contributed by atoms with Gasteiger partial charge in [0.05, 0.1) is 18.4 Å².